The van der Waals surface area contributed by atoms with Gasteiger partial charge >= 0.3 is 0 Å². The van der Waals surface area contributed by atoms with Crippen molar-refractivity contribution in [3.05, 3.63) is 15.5 Å². The molecule has 0 amide bonds. The summed E-state index contributed by atoms with van der Waals surface area (Å²) in [5, 5.41) is 4.60. The van der Waals surface area contributed by atoms with E-state index in [-0.39, 0.29) is 0 Å². The van der Waals surface area contributed by atoms with Crippen molar-refractivity contribution < 1.29 is 4.79 Å². The molecule has 0 unspecified atom stereocenters. The van der Waals surface area contributed by atoms with Crippen LogP contribution in [0.5, 0.6) is 0 Å². The normalized spacial score (nSPS) is 18.1. The largest absolute Gasteiger partial charge is 0.303 e. The van der Waals surface area contributed by atoms with Crippen LogP contribution in [-0.4, -0.2) is 40.6 Å². The van der Waals surface area contributed by atoms with E-state index in [1.807, 2.05) is 0 Å². The maximum Gasteiger partial charge on any atom is 0.123 e. The zero-order valence-corrected chi connectivity index (χ0v) is 13.8. The maximum atomic E-state index is 10.4. The molecule has 1 aliphatic rings. The number of hydrogen-bond acceptors (Lipinski definition) is 3. The molecule has 1 aromatic heterocycles. The third-order valence-electron chi connectivity index (χ3n) is 3.79. The fourth-order valence-electron chi connectivity index (χ4n) is 2.78. The fourth-order valence-corrected chi connectivity index (χ4v) is 3.34. The van der Waals surface area contributed by atoms with E-state index in [1.165, 1.54) is 18.5 Å². The average molecular weight is 375 g/mol. The molecule has 1 saturated heterocycles. The number of likely N-dealkylation sites (tertiary alicyclic amines) is 1. The highest BCUT2D eigenvalue weighted by molar-refractivity contribution is 14.1. The van der Waals surface area contributed by atoms with Crippen LogP contribution in [0.1, 0.15) is 50.8 Å². The van der Waals surface area contributed by atoms with Gasteiger partial charge in [0, 0.05) is 30.6 Å². The molecule has 2 heterocycles. The van der Waals surface area contributed by atoms with Gasteiger partial charge in [0.25, 0.3) is 0 Å². The zero-order chi connectivity index (χ0) is 13.8. The van der Waals surface area contributed by atoms with Crippen LogP contribution < -0.4 is 0 Å². The summed E-state index contributed by atoms with van der Waals surface area (Å²) in [5.41, 5.74) is 1.38. The van der Waals surface area contributed by atoms with Crippen LogP contribution in [0.4, 0.5) is 0 Å². The molecule has 1 aromatic rings. The van der Waals surface area contributed by atoms with E-state index in [0.717, 1.165) is 29.6 Å². The third-order valence-corrected chi connectivity index (χ3v) is 4.32. The highest BCUT2D eigenvalue weighted by atomic mass is 127. The van der Waals surface area contributed by atoms with Crippen LogP contribution in [0.15, 0.2) is 6.07 Å². The Labute approximate surface area is 128 Å². The molecule has 19 heavy (non-hydrogen) atoms. The summed E-state index contributed by atoms with van der Waals surface area (Å²) in [7, 11) is 0. The number of rotatable bonds is 5. The monoisotopic (exact) mass is 375 g/mol. The molecule has 0 saturated carbocycles. The van der Waals surface area contributed by atoms with E-state index >= 15 is 0 Å². The van der Waals surface area contributed by atoms with E-state index in [9.17, 15) is 4.79 Å². The Balaban J connectivity index is 1.99. The predicted molar refractivity (Wildman–Crippen MR) is 84.4 cm³/mol. The molecular formula is C14H22IN3O. The van der Waals surface area contributed by atoms with Crippen LogP contribution in [0, 0.1) is 3.70 Å². The Morgan fingerprint density at radius 1 is 1.47 bits per heavy atom. The van der Waals surface area contributed by atoms with E-state index in [2.05, 4.69) is 57.2 Å². The summed E-state index contributed by atoms with van der Waals surface area (Å²) in [5.74, 6) is 0.617. The first-order chi connectivity index (χ1) is 9.11. The van der Waals surface area contributed by atoms with E-state index < -0.39 is 0 Å². The molecule has 1 aliphatic heterocycles. The van der Waals surface area contributed by atoms with Gasteiger partial charge in [-0.1, -0.05) is 0 Å². The molecule has 0 N–H and O–H groups in total. The number of carbonyl (C=O) groups is 1. The molecule has 0 bridgehead atoms. The number of piperidine rings is 1. The molecule has 4 nitrogen and oxygen atoms in total. The zero-order valence-electron chi connectivity index (χ0n) is 11.7. The lowest BCUT2D eigenvalue weighted by molar-refractivity contribution is -0.108. The Hall–Kier alpha value is -0.430. The van der Waals surface area contributed by atoms with Gasteiger partial charge in [0.05, 0.1) is 0 Å². The lowest BCUT2D eigenvalue weighted by atomic mass is 9.93. The van der Waals surface area contributed by atoms with Crippen molar-refractivity contribution in [1.82, 2.24) is 14.7 Å². The van der Waals surface area contributed by atoms with Gasteiger partial charge in [0.15, 0.2) is 0 Å². The molecule has 0 aromatic carbocycles. The SMILES string of the molecule is CC(C)n1nc(I)cc1C1CCN(CCC=O)CC1. The second kappa shape index (κ2) is 6.83. The topological polar surface area (TPSA) is 38.1 Å². The number of carbonyl (C=O) groups excluding carboxylic acids is 1. The number of aldehydes is 1. The molecule has 1 fully saturated rings. The number of hydrogen-bond donors (Lipinski definition) is 0. The van der Waals surface area contributed by atoms with Crippen molar-refractivity contribution in [1.29, 1.82) is 0 Å². The Morgan fingerprint density at radius 2 is 2.16 bits per heavy atom. The van der Waals surface area contributed by atoms with Crippen molar-refractivity contribution in [2.45, 2.75) is 45.1 Å². The van der Waals surface area contributed by atoms with Crippen LogP contribution in [-0.2, 0) is 4.79 Å². The lowest BCUT2D eigenvalue weighted by Crippen LogP contribution is -2.34. The summed E-state index contributed by atoms with van der Waals surface area (Å²) in [6.07, 6.45) is 4.02. The molecule has 0 radical (unpaired) electrons. The Morgan fingerprint density at radius 3 is 2.74 bits per heavy atom. The maximum absolute atomic E-state index is 10.4. The van der Waals surface area contributed by atoms with Crippen LogP contribution in [0.25, 0.3) is 0 Å². The second-order valence-corrected chi connectivity index (χ2v) is 6.61. The van der Waals surface area contributed by atoms with Crippen LogP contribution >= 0.6 is 22.6 Å². The summed E-state index contributed by atoms with van der Waals surface area (Å²) in [6.45, 7) is 7.48. The number of halogens is 1. The van der Waals surface area contributed by atoms with Gasteiger partial charge in [0.1, 0.15) is 9.99 Å². The molecule has 106 valence electrons. The summed E-state index contributed by atoms with van der Waals surface area (Å²) in [6, 6.07) is 2.65. The van der Waals surface area contributed by atoms with Gasteiger partial charge in [-0.2, -0.15) is 5.10 Å². The van der Waals surface area contributed by atoms with E-state index in [1.54, 1.807) is 0 Å². The Kier molecular flexibility index (Phi) is 5.38. The minimum absolute atomic E-state index is 0.423. The van der Waals surface area contributed by atoms with E-state index in [0.29, 0.717) is 18.4 Å². The van der Waals surface area contributed by atoms with Crippen LogP contribution in [0.2, 0.25) is 0 Å². The highest BCUT2D eigenvalue weighted by Crippen LogP contribution is 2.30. The minimum Gasteiger partial charge on any atom is -0.303 e. The summed E-state index contributed by atoms with van der Waals surface area (Å²) < 4.78 is 3.26. The molecule has 2 rings (SSSR count). The van der Waals surface area contributed by atoms with Crippen molar-refractivity contribution in [3.8, 4) is 0 Å². The minimum atomic E-state index is 0.423. The van der Waals surface area contributed by atoms with Gasteiger partial charge in [-0.05, 0) is 68.4 Å². The van der Waals surface area contributed by atoms with Gasteiger partial charge in [-0.25, -0.2) is 0 Å². The summed E-state index contributed by atoms with van der Waals surface area (Å²) >= 11 is 2.30. The van der Waals surface area contributed by atoms with Crippen molar-refractivity contribution in [2.75, 3.05) is 19.6 Å². The average Bonchev–Trinajstić information content (AvgIpc) is 2.79. The first-order valence-electron chi connectivity index (χ1n) is 7.02. The van der Waals surface area contributed by atoms with Gasteiger partial charge in [-0.15, -0.1) is 0 Å². The van der Waals surface area contributed by atoms with Gasteiger partial charge in [-0.3, -0.25) is 4.68 Å². The van der Waals surface area contributed by atoms with Crippen molar-refractivity contribution in [3.63, 3.8) is 0 Å². The van der Waals surface area contributed by atoms with Gasteiger partial charge in [0.2, 0.25) is 0 Å². The standard InChI is InChI=1S/C14H22IN3O/c1-11(2)18-13(10-14(15)16-18)12-4-7-17(8-5-12)6-3-9-19/h9-12H,3-8H2,1-2H3. The molecule has 0 atom stereocenters. The number of nitrogens with zero attached hydrogens (tertiary/aromatic N) is 3. The second-order valence-electron chi connectivity index (χ2n) is 5.50. The van der Waals surface area contributed by atoms with Crippen molar-refractivity contribution >= 4 is 28.9 Å². The van der Waals surface area contributed by atoms with Crippen molar-refractivity contribution in [2.24, 2.45) is 0 Å². The molecular weight excluding hydrogens is 353 g/mol. The Bertz CT molecular complexity index is 422. The quantitative estimate of drug-likeness (QED) is 0.587. The first kappa shape index (κ1) is 15.0. The molecule has 0 aliphatic carbocycles. The van der Waals surface area contributed by atoms with Gasteiger partial charge < -0.3 is 9.69 Å². The molecule has 5 heteroatoms. The predicted octanol–water partition coefficient (Wildman–Crippen LogP) is 2.84. The first-order valence-corrected chi connectivity index (χ1v) is 8.10. The number of aromatic nitrogens is 2. The smallest absolute Gasteiger partial charge is 0.123 e. The molecule has 0 spiro atoms. The summed E-state index contributed by atoms with van der Waals surface area (Å²) in [4.78, 5) is 12.8. The highest BCUT2D eigenvalue weighted by Gasteiger charge is 2.24. The van der Waals surface area contributed by atoms with Crippen LogP contribution in [0.3, 0.4) is 0 Å². The van der Waals surface area contributed by atoms with E-state index in [4.69, 9.17) is 0 Å². The fraction of sp³-hybridized carbons (Fsp3) is 0.714. The third kappa shape index (κ3) is 3.78. The lowest BCUT2D eigenvalue weighted by Gasteiger charge is -2.32.